The largest absolute Gasteiger partial charge is 0.284 e. The van der Waals surface area contributed by atoms with Crippen molar-refractivity contribution in [2.45, 2.75) is 20.8 Å². The van der Waals surface area contributed by atoms with Crippen molar-refractivity contribution in [2.75, 3.05) is 0 Å². The van der Waals surface area contributed by atoms with Crippen molar-refractivity contribution in [1.29, 1.82) is 0 Å². The molecule has 0 saturated heterocycles. The zero-order valence-corrected chi connectivity index (χ0v) is 10.7. The van der Waals surface area contributed by atoms with E-state index in [4.69, 9.17) is 0 Å². The minimum Gasteiger partial charge on any atom is -0.266 e. The van der Waals surface area contributed by atoms with Gasteiger partial charge < -0.3 is 0 Å². The summed E-state index contributed by atoms with van der Waals surface area (Å²) in [6, 6.07) is 0. The summed E-state index contributed by atoms with van der Waals surface area (Å²) in [5.41, 5.74) is 0.976. The van der Waals surface area contributed by atoms with Gasteiger partial charge in [-0.1, -0.05) is 11.3 Å². The molecule has 0 spiro atoms. The molecule has 0 aliphatic heterocycles. The summed E-state index contributed by atoms with van der Waals surface area (Å²) in [7, 11) is 0. The summed E-state index contributed by atoms with van der Waals surface area (Å²) >= 11 is 3.02. The van der Waals surface area contributed by atoms with Crippen LogP contribution < -0.4 is 5.56 Å². The monoisotopic (exact) mass is 251 g/mol. The van der Waals surface area contributed by atoms with E-state index in [0.29, 0.717) is 10.3 Å². The number of aryl methyl sites for hydroxylation is 3. The van der Waals surface area contributed by atoms with Crippen LogP contribution in [0.15, 0.2) is 4.79 Å². The molecule has 3 rings (SSSR count). The molecule has 0 bridgehead atoms. The van der Waals surface area contributed by atoms with Crippen LogP contribution in [0.3, 0.4) is 0 Å². The van der Waals surface area contributed by atoms with Crippen LogP contribution in [0.25, 0.3) is 15.2 Å². The second kappa shape index (κ2) is 3.11. The number of fused-ring (bicyclic) bond motifs is 2. The number of nitrogens with zero attached hydrogens (tertiary/aromatic N) is 3. The van der Waals surface area contributed by atoms with Gasteiger partial charge in [0.05, 0.1) is 5.39 Å². The quantitative estimate of drug-likeness (QED) is 0.616. The molecule has 0 aliphatic rings. The van der Waals surface area contributed by atoms with Gasteiger partial charge in [0.25, 0.3) is 5.56 Å². The topological polar surface area (TPSA) is 47.3 Å². The van der Waals surface area contributed by atoms with Gasteiger partial charge in [0.15, 0.2) is 0 Å². The van der Waals surface area contributed by atoms with Crippen molar-refractivity contribution in [3.8, 4) is 0 Å². The van der Waals surface area contributed by atoms with E-state index in [1.165, 1.54) is 15.9 Å². The molecular formula is C10H9N3OS2. The average molecular weight is 251 g/mol. The third-order valence-electron chi connectivity index (χ3n) is 2.63. The Morgan fingerprint density at radius 3 is 2.69 bits per heavy atom. The Morgan fingerprint density at radius 1 is 1.19 bits per heavy atom. The summed E-state index contributed by atoms with van der Waals surface area (Å²) in [5.74, 6) is 0. The van der Waals surface area contributed by atoms with Gasteiger partial charge in [0.2, 0.25) is 4.96 Å². The molecule has 3 aromatic rings. The molecule has 0 atom stereocenters. The number of thiophene rings is 1. The lowest BCUT2D eigenvalue weighted by Gasteiger charge is -1.92. The first-order chi connectivity index (χ1) is 7.58. The van der Waals surface area contributed by atoms with E-state index in [-0.39, 0.29) is 5.56 Å². The first-order valence-electron chi connectivity index (χ1n) is 4.84. The van der Waals surface area contributed by atoms with Crippen molar-refractivity contribution >= 4 is 37.9 Å². The van der Waals surface area contributed by atoms with Gasteiger partial charge >= 0.3 is 0 Å². The highest BCUT2D eigenvalue weighted by Crippen LogP contribution is 2.27. The maximum absolute atomic E-state index is 12.2. The Bertz CT molecular complexity index is 766. The van der Waals surface area contributed by atoms with Crippen molar-refractivity contribution in [2.24, 2.45) is 0 Å². The maximum atomic E-state index is 12.2. The van der Waals surface area contributed by atoms with E-state index >= 15 is 0 Å². The zero-order chi connectivity index (χ0) is 11.4. The van der Waals surface area contributed by atoms with Gasteiger partial charge in [-0.2, -0.15) is 9.61 Å². The molecule has 6 heteroatoms. The fourth-order valence-electron chi connectivity index (χ4n) is 1.71. The fraction of sp³-hybridized carbons (Fsp3) is 0.300. The van der Waals surface area contributed by atoms with Crippen LogP contribution >= 0.6 is 22.7 Å². The van der Waals surface area contributed by atoms with Crippen LogP contribution in [0.5, 0.6) is 0 Å². The van der Waals surface area contributed by atoms with Crippen LogP contribution in [0.2, 0.25) is 0 Å². The first kappa shape index (κ1) is 9.92. The van der Waals surface area contributed by atoms with Crippen molar-refractivity contribution in [3.05, 3.63) is 25.8 Å². The van der Waals surface area contributed by atoms with E-state index in [9.17, 15) is 4.79 Å². The van der Waals surface area contributed by atoms with Gasteiger partial charge in [0, 0.05) is 4.88 Å². The predicted octanol–water partition coefficient (Wildman–Crippen LogP) is 2.29. The lowest BCUT2D eigenvalue weighted by Crippen LogP contribution is -2.14. The summed E-state index contributed by atoms with van der Waals surface area (Å²) in [6.45, 7) is 5.85. The van der Waals surface area contributed by atoms with Gasteiger partial charge in [0.1, 0.15) is 9.84 Å². The number of hydrogen-bond acceptors (Lipinski definition) is 5. The zero-order valence-electron chi connectivity index (χ0n) is 9.07. The molecule has 0 saturated carbocycles. The molecular weight excluding hydrogens is 242 g/mol. The van der Waals surface area contributed by atoms with Crippen molar-refractivity contribution in [1.82, 2.24) is 14.6 Å². The smallest absolute Gasteiger partial charge is 0.266 e. The van der Waals surface area contributed by atoms with Gasteiger partial charge in [-0.15, -0.1) is 11.3 Å². The number of rotatable bonds is 0. The minimum atomic E-state index is -0.0498. The summed E-state index contributed by atoms with van der Waals surface area (Å²) in [5, 5.41) is 5.75. The third kappa shape index (κ3) is 1.17. The molecule has 0 fully saturated rings. The number of aromatic nitrogens is 3. The van der Waals surface area contributed by atoms with E-state index < -0.39 is 0 Å². The SMILES string of the molecule is Cc1nn2c(=O)c3c(C)c(C)sc3nc2s1. The highest BCUT2D eigenvalue weighted by molar-refractivity contribution is 7.19. The predicted molar refractivity (Wildman–Crippen MR) is 66.7 cm³/mol. The van der Waals surface area contributed by atoms with E-state index in [1.807, 2.05) is 20.8 Å². The van der Waals surface area contributed by atoms with Crippen LogP contribution in [0, 0.1) is 20.8 Å². The van der Waals surface area contributed by atoms with Gasteiger partial charge in [-0.3, -0.25) is 4.79 Å². The normalized spacial score (nSPS) is 11.7. The third-order valence-corrected chi connectivity index (χ3v) is 4.56. The van der Waals surface area contributed by atoms with Crippen molar-refractivity contribution in [3.63, 3.8) is 0 Å². The Kier molecular flexibility index (Phi) is 1.93. The molecule has 82 valence electrons. The molecule has 0 amide bonds. The van der Waals surface area contributed by atoms with E-state index in [2.05, 4.69) is 10.1 Å². The van der Waals surface area contributed by atoms with E-state index in [0.717, 1.165) is 20.3 Å². The molecule has 0 unspecified atom stereocenters. The lowest BCUT2D eigenvalue weighted by atomic mass is 10.2. The Hall–Kier alpha value is -1.27. The molecule has 3 heterocycles. The Balaban J connectivity index is 2.65. The standard InChI is InChI=1S/C10H9N3OS2/c1-4-5(2)15-8-7(4)9(14)13-10(11-8)16-6(3)12-13/h1-3H3. The molecule has 0 radical (unpaired) electrons. The van der Waals surface area contributed by atoms with Crippen LogP contribution in [0.1, 0.15) is 15.4 Å². The average Bonchev–Trinajstić information content (AvgIpc) is 2.70. The molecule has 16 heavy (non-hydrogen) atoms. The van der Waals surface area contributed by atoms with Gasteiger partial charge in [-0.25, -0.2) is 4.98 Å². The second-order valence-corrected chi connectivity index (χ2v) is 6.06. The first-order valence-corrected chi connectivity index (χ1v) is 6.47. The lowest BCUT2D eigenvalue weighted by molar-refractivity contribution is 0.895. The molecule has 0 aromatic carbocycles. The van der Waals surface area contributed by atoms with E-state index in [1.54, 1.807) is 11.3 Å². The summed E-state index contributed by atoms with van der Waals surface area (Å²) in [6.07, 6.45) is 0. The molecule has 4 nitrogen and oxygen atoms in total. The van der Waals surface area contributed by atoms with Crippen LogP contribution in [-0.4, -0.2) is 14.6 Å². The highest BCUT2D eigenvalue weighted by Gasteiger charge is 2.14. The van der Waals surface area contributed by atoms with Gasteiger partial charge in [-0.05, 0) is 26.3 Å². The minimum absolute atomic E-state index is 0.0498. The highest BCUT2D eigenvalue weighted by atomic mass is 32.1. The van der Waals surface area contributed by atoms with Crippen molar-refractivity contribution < 1.29 is 0 Å². The van der Waals surface area contributed by atoms with Crippen LogP contribution in [0.4, 0.5) is 0 Å². The van der Waals surface area contributed by atoms with Crippen LogP contribution in [-0.2, 0) is 0 Å². The second-order valence-electron chi connectivity index (χ2n) is 3.70. The number of hydrogen-bond donors (Lipinski definition) is 0. The molecule has 0 N–H and O–H groups in total. The Labute approximate surface area is 99.2 Å². The summed E-state index contributed by atoms with van der Waals surface area (Å²) in [4.78, 5) is 19.3. The molecule has 0 aliphatic carbocycles. The fourth-order valence-corrected chi connectivity index (χ4v) is 3.53. The Morgan fingerprint density at radius 2 is 1.94 bits per heavy atom. The maximum Gasteiger partial charge on any atom is 0.284 e. The summed E-state index contributed by atoms with van der Waals surface area (Å²) < 4.78 is 1.40. The molecule has 3 aromatic heterocycles.